The zero-order chi connectivity index (χ0) is 15.2. The maximum atomic E-state index is 12.2. The number of aryl methyl sites for hydroxylation is 1. The Morgan fingerprint density at radius 2 is 2.14 bits per heavy atom. The van der Waals surface area contributed by atoms with E-state index in [1.807, 2.05) is 37.4 Å². The van der Waals surface area contributed by atoms with Crippen molar-refractivity contribution in [2.75, 3.05) is 5.32 Å². The van der Waals surface area contributed by atoms with Crippen LogP contribution in [0.15, 0.2) is 46.3 Å². The first-order valence-corrected chi connectivity index (χ1v) is 8.51. The third kappa shape index (κ3) is 4.61. The Morgan fingerprint density at radius 1 is 1.43 bits per heavy atom. The molecule has 2 rings (SSSR count). The SMILES string of the molecule is CCCn1ccnc1S[C@H](C)C(=O)Nc1ccc(Br)cc1. The lowest BCUT2D eigenvalue weighted by molar-refractivity contribution is -0.115. The van der Waals surface area contributed by atoms with Gasteiger partial charge in [-0.3, -0.25) is 4.79 Å². The minimum atomic E-state index is -0.202. The van der Waals surface area contributed by atoms with Gasteiger partial charge in [0.1, 0.15) is 0 Å². The van der Waals surface area contributed by atoms with E-state index in [9.17, 15) is 4.79 Å². The van der Waals surface area contributed by atoms with E-state index in [1.165, 1.54) is 11.8 Å². The van der Waals surface area contributed by atoms with Crippen LogP contribution in [0.2, 0.25) is 0 Å². The zero-order valence-corrected chi connectivity index (χ0v) is 14.4. The zero-order valence-electron chi connectivity index (χ0n) is 12.0. The van der Waals surface area contributed by atoms with Gasteiger partial charge in [-0.15, -0.1) is 0 Å². The molecule has 0 radical (unpaired) electrons. The average molecular weight is 368 g/mol. The number of halogens is 1. The van der Waals surface area contributed by atoms with Gasteiger partial charge in [0.15, 0.2) is 5.16 Å². The Labute approximate surface area is 137 Å². The number of thioether (sulfide) groups is 1. The number of carbonyl (C=O) groups excluding carboxylic acids is 1. The molecule has 1 aromatic heterocycles. The molecule has 1 aromatic carbocycles. The quantitative estimate of drug-likeness (QED) is 0.779. The van der Waals surface area contributed by atoms with Gasteiger partial charge in [-0.2, -0.15) is 0 Å². The Kier molecular flexibility index (Phi) is 5.87. The molecule has 1 atom stereocenters. The molecule has 0 saturated heterocycles. The number of nitrogens with zero attached hydrogens (tertiary/aromatic N) is 2. The van der Waals surface area contributed by atoms with Crippen molar-refractivity contribution >= 4 is 39.3 Å². The lowest BCUT2D eigenvalue weighted by Crippen LogP contribution is -2.22. The monoisotopic (exact) mass is 367 g/mol. The largest absolute Gasteiger partial charge is 0.326 e. The Balaban J connectivity index is 1.96. The second kappa shape index (κ2) is 7.66. The van der Waals surface area contributed by atoms with Crippen molar-refractivity contribution in [1.82, 2.24) is 9.55 Å². The number of hydrogen-bond acceptors (Lipinski definition) is 3. The summed E-state index contributed by atoms with van der Waals surface area (Å²) in [6.07, 6.45) is 4.77. The van der Waals surface area contributed by atoms with E-state index in [-0.39, 0.29) is 11.2 Å². The number of rotatable bonds is 6. The number of anilines is 1. The maximum absolute atomic E-state index is 12.2. The molecule has 0 bridgehead atoms. The number of nitrogens with one attached hydrogen (secondary N) is 1. The second-order valence-electron chi connectivity index (χ2n) is 4.66. The van der Waals surface area contributed by atoms with E-state index in [4.69, 9.17) is 0 Å². The fourth-order valence-corrected chi connectivity index (χ4v) is 2.97. The number of benzene rings is 1. The summed E-state index contributed by atoms with van der Waals surface area (Å²) >= 11 is 4.85. The first-order valence-electron chi connectivity index (χ1n) is 6.84. The van der Waals surface area contributed by atoms with Gasteiger partial charge in [0.2, 0.25) is 5.91 Å². The number of amides is 1. The van der Waals surface area contributed by atoms with Crippen LogP contribution in [0.4, 0.5) is 5.69 Å². The highest BCUT2D eigenvalue weighted by Crippen LogP contribution is 2.23. The first-order chi connectivity index (χ1) is 10.1. The van der Waals surface area contributed by atoms with Crippen LogP contribution in [0.25, 0.3) is 0 Å². The van der Waals surface area contributed by atoms with E-state index in [0.717, 1.165) is 28.3 Å². The Bertz CT molecular complexity index is 597. The summed E-state index contributed by atoms with van der Waals surface area (Å²) in [5.41, 5.74) is 0.799. The summed E-state index contributed by atoms with van der Waals surface area (Å²) in [7, 11) is 0. The molecule has 0 fully saturated rings. The van der Waals surface area contributed by atoms with Crippen molar-refractivity contribution in [3.8, 4) is 0 Å². The predicted octanol–water partition coefficient (Wildman–Crippen LogP) is 4.17. The van der Waals surface area contributed by atoms with E-state index < -0.39 is 0 Å². The van der Waals surface area contributed by atoms with Crippen molar-refractivity contribution in [2.45, 2.75) is 37.2 Å². The van der Waals surface area contributed by atoms with E-state index in [1.54, 1.807) is 6.20 Å². The van der Waals surface area contributed by atoms with E-state index in [0.29, 0.717) is 0 Å². The molecule has 4 nitrogen and oxygen atoms in total. The van der Waals surface area contributed by atoms with Gasteiger partial charge >= 0.3 is 0 Å². The second-order valence-corrected chi connectivity index (χ2v) is 6.88. The van der Waals surface area contributed by atoms with Gasteiger partial charge in [0, 0.05) is 29.1 Å². The molecular formula is C15H18BrN3OS. The lowest BCUT2D eigenvalue weighted by Gasteiger charge is -2.12. The van der Waals surface area contributed by atoms with Crippen LogP contribution in [0.3, 0.4) is 0 Å². The lowest BCUT2D eigenvalue weighted by atomic mass is 10.3. The van der Waals surface area contributed by atoms with Crippen LogP contribution in [0, 0.1) is 0 Å². The summed E-state index contributed by atoms with van der Waals surface area (Å²) in [5.74, 6) is -0.0200. The molecule has 2 aromatic rings. The third-order valence-electron chi connectivity index (χ3n) is 2.90. The highest BCUT2D eigenvalue weighted by Gasteiger charge is 2.17. The molecule has 0 aliphatic rings. The van der Waals surface area contributed by atoms with Crippen LogP contribution in [0.1, 0.15) is 20.3 Å². The molecule has 112 valence electrons. The third-order valence-corrected chi connectivity index (χ3v) is 4.55. The highest BCUT2D eigenvalue weighted by atomic mass is 79.9. The smallest absolute Gasteiger partial charge is 0.237 e. The van der Waals surface area contributed by atoms with E-state index in [2.05, 4.69) is 37.7 Å². The van der Waals surface area contributed by atoms with Gasteiger partial charge in [-0.25, -0.2) is 4.98 Å². The molecule has 21 heavy (non-hydrogen) atoms. The van der Waals surface area contributed by atoms with Gasteiger partial charge in [0.05, 0.1) is 5.25 Å². The summed E-state index contributed by atoms with van der Waals surface area (Å²) < 4.78 is 3.07. The van der Waals surface area contributed by atoms with E-state index >= 15 is 0 Å². The minimum Gasteiger partial charge on any atom is -0.326 e. The highest BCUT2D eigenvalue weighted by molar-refractivity contribution is 9.10. The van der Waals surface area contributed by atoms with Crippen LogP contribution in [-0.2, 0) is 11.3 Å². The standard InChI is InChI=1S/C15H18BrN3OS/c1-3-9-19-10-8-17-15(19)21-11(2)14(20)18-13-6-4-12(16)5-7-13/h4-8,10-11H,3,9H2,1-2H3,(H,18,20)/t11-/m1/s1. The molecule has 0 aliphatic heterocycles. The number of carbonyl (C=O) groups is 1. The molecule has 0 unspecified atom stereocenters. The molecule has 0 aliphatic carbocycles. The minimum absolute atomic E-state index is 0.0200. The van der Waals surface area contributed by atoms with Crippen molar-refractivity contribution in [2.24, 2.45) is 0 Å². The first kappa shape index (κ1) is 16.1. The van der Waals surface area contributed by atoms with Crippen molar-refractivity contribution in [3.63, 3.8) is 0 Å². The topological polar surface area (TPSA) is 46.9 Å². The average Bonchev–Trinajstić information content (AvgIpc) is 2.89. The van der Waals surface area contributed by atoms with Gasteiger partial charge in [-0.1, -0.05) is 34.6 Å². The van der Waals surface area contributed by atoms with Crippen LogP contribution in [-0.4, -0.2) is 20.7 Å². The molecule has 1 heterocycles. The van der Waals surface area contributed by atoms with Crippen LogP contribution >= 0.6 is 27.7 Å². The summed E-state index contributed by atoms with van der Waals surface area (Å²) in [6.45, 7) is 4.94. The normalized spacial score (nSPS) is 12.1. The fraction of sp³-hybridized carbons (Fsp3) is 0.333. The van der Waals surface area contributed by atoms with Gasteiger partial charge < -0.3 is 9.88 Å². The summed E-state index contributed by atoms with van der Waals surface area (Å²) in [4.78, 5) is 16.5. The van der Waals surface area contributed by atoms with Crippen LogP contribution in [0.5, 0.6) is 0 Å². The molecule has 1 amide bonds. The Morgan fingerprint density at radius 3 is 2.81 bits per heavy atom. The summed E-state index contributed by atoms with van der Waals surface area (Å²) in [5, 5.41) is 3.60. The fourth-order valence-electron chi connectivity index (χ4n) is 1.81. The van der Waals surface area contributed by atoms with Gasteiger partial charge in [0.25, 0.3) is 0 Å². The van der Waals surface area contributed by atoms with Crippen molar-refractivity contribution in [3.05, 3.63) is 41.1 Å². The number of hydrogen-bond donors (Lipinski definition) is 1. The predicted molar refractivity (Wildman–Crippen MR) is 90.6 cm³/mol. The molecule has 0 spiro atoms. The molecule has 6 heteroatoms. The number of aromatic nitrogens is 2. The molecule has 0 saturated carbocycles. The maximum Gasteiger partial charge on any atom is 0.237 e. The van der Waals surface area contributed by atoms with Gasteiger partial charge in [-0.05, 0) is 37.6 Å². The summed E-state index contributed by atoms with van der Waals surface area (Å²) in [6, 6.07) is 7.55. The number of imidazole rings is 1. The Hall–Kier alpha value is -1.27. The van der Waals surface area contributed by atoms with Crippen LogP contribution < -0.4 is 5.32 Å². The van der Waals surface area contributed by atoms with Crippen molar-refractivity contribution in [1.29, 1.82) is 0 Å². The van der Waals surface area contributed by atoms with Crippen molar-refractivity contribution < 1.29 is 4.79 Å². The molecular weight excluding hydrogens is 350 g/mol. The molecule has 1 N–H and O–H groups in total.